The van der Waals surface area contributed by atoms with E-state index in [2.05, 4.69) is 38.6 Å². The standard InChI is InChI=1S/C18H21N5O/c24-18(17-6-8-19-22-17)23-9-2-3-13(7-10-23)11-14-4-1-5-16-15(14)12-20-21-16/h1,4-6,8,12-13H,2-3,7,9-11H2,(H,19,22)(H,20,21)/t13-/m0/s1. The van der Waals surface area contributed by atoms with Gasteiger partial charge in [0, 0.05) is 24.7 Å². The van der Waals surface area contributed by atoms with Crippen LogP contribution in [0.25, 0.3) is 10.9 Å². The van der Waals surface area contributed by atoms with Gasteiger partial charge in [-0.15, -0.1) is 0 Å². The van der Waals surface area contributed by atoms with Crippen LogP contribution >= 0.6 is 0 Å². The summed E-state index contributed by atoms with van der Waals surface area (Å²) < 4.78 is 0. The highest BCUT2D eigenvalue weighted by molar-refractivity contribution is 5.92. The van der Waals surface area contributed by atoms with E-state index in [1.165, 1.54) is 10.9 Å². The maximum absolute atomic E-state index is 12.5. The molecule has 1 fully saturated rings. The van der Waals surface area contributed by atoms with Crippen LogP contribution in [0.1, 0.15) is 35.3 Å². The first-order chi connectivity index (χ1) is 11.8. The highest BCUT2D eigenvalue weighted by Crippen LogP contribution is 2.26. The summed E-state index contributed by atoms with van der Waals surface area (Å²) in [7, 11) is 0. The molecule has 24 heavy (non-hydrogen) atoms. The van der Waals surface area contributed by atoms with Gasteiger partial charge in [-0.2, -0.15) is 10.2 Å². The molecule has 2 aromatic heterocycles. The van der Waals surface area contributed by atoms with E-state index in [1.54, 1.807) is 12.3 Å². The van der Waals surface area contributed by atoms with Crippen LogP contribution in [0.15, 0.2) is 36.7 Å². The van der Waals surface area contributed by atoms with Crippen LogP contribution in [0.2, 0.25) is 0 Å². The monoisotopic (exact) mass is 323 g/mol. The minimum absolute atomic E-state index is 0.0603. The van der Waals surface area contributed by atoms with Gasteiger partial charge in [-0.1, -0.05) is 12.1 Å². The molecule has 1 aliphatic heterocycles. The zero-order valence-corrected chi connectivity index (χ0v) is 13.5. The fourth-order valence-electron chi connectivity index (χ4n) is 3.64. The topological polar surface area (TPSA) is 77.7 Å². The van der Waals surface area contributed by atoms with E-state index in [1.807, 2.05) is 11.1 Å². The Hall–Kier alpha value is -2.63. The van der Waals surface area contributed by atoms with Crippen LogP contribution in [0.3, 0.4) is 0 Å². The van der Waals surface area contributed by atoms with E-state index in [-0.39, 0.29) is 5.91 Å². The predicted octanol–water partition coefficient (Wildman–Crippen LogP) is 2.77. The van der Waals surface area contributed by atoms with Gasteiger partial charge in [-0.05, 0) is 49.3 Å². The largest absolute Gasteiger partial charge is 0.337 e. The Morgan fingerprint density at radius 1 is 1.17 bits per heavy atom. The lowest BCUT2D eigenvalue weighted by Gasteiger charge is -2.19. The highest BCUT2D eigenvalue weighted by atomic mass is 16.2. The third-order valence-electron chi connectivity index (χ3n) is 4.95. The van der Waals surface area contributed by atoms with Gasteiger partial charge in [-0.25, -0.2) is 0 Å². The zero-order chi connectivity index (χ0) is 16.4. The second-order valence-corrected chi connectivity index (χ2v) is 6.51. The summed E-state index contributed by atoms with van der Waals surface area (Å²) in [5, 5.41) is 15.0. The molecule has 124 valence electrons. The van der Waals surface area contributed by atoms with Crippen LogP contribution in [-0.4, -0.2) is 44.3 Å². The van der Waals surface area contributed by atoms with E-state index in [4.69, 9.17) is 0 Å². The first kappa shape index (κ1) is 14.9. The number of aromatic nitrogens is 4. The van der Waals surface area contributed by atoms with Crippen molar-refractivity contribution in [3.63, 3.8) is 0 Å². The molecule has 1 aliphatic rings. The number of fused-ring (bicyclic) bond motifs is 1. The number of carbonyl (C=O) groups excluding carboxylic acids is 1. The quantitative estimate of drug-likeness (QED) is 0.778. The first-order valence-corrected chi connectivity index (χ1v) is 8.51. The predicted molar refractivity (Wildman–Crippen MR) is 91.6 cm³/mol. The van der Waals surface area contributed by atoms with Crippen LogP contribution < -0.4 is 0 Å². The normalized spacial score (nSPS) is 18.7. The average Bonchev–Trinajstić information content (AvgIpc) is 3.24. The lowest BCUT2D eigenvalue weighted by atomic mass is 9.91. The van der Waals surface area contributed by atoms with Crippen molar-refractivity contribution in [1.29, 1.82) is 0 Å². The van der Waals surface area contributed by atoms with Gasteiger partial charge in [-0.3, -0.25) is 15.0 Å². The summed E-state index contributed by atoms with van der Waals surface area (Å²) in [5.41, 5.74) is 3.02. The summed E-state index contributed by atoms with van der Waals surface area (Å²) in [6.45, 7) is 1.63. The van der Waals surface area contributed by atoms with Gasteiger partial charge in [0.05, 0.1) is 11.7 Å². The third-order valence-corrected chi connectivity index (χ3v) is 4.95. The molecule has 0 unspecified atom stereocenters. The van der Waals surface area contributed by atoms with Gasteiger partial charge in [0.2, 0.25) is 0 Å². The number of likely N-dealkylation sites (tertiary alicyclic amines) is 1. The molecule has 1 atom stereocenters. The molecule has 0 bridgehead atoms. The van der Waals surface area contributed by atoms with Crippen molar-refractivity contribution < 1.29 is 4.79 Å². The second-order valence-electron chi connectivity index (χ2n) is 6.51. The molecule has 1 saturated heterocycles. The first-order valence-electron chi connectivity index (χ1n) is 8.51. The number of amides is 1. The molecule has 6 nitrogen and oxygen atoms in total. The maximum Gasteiger partial charge on any atom is 0.271 e. The number of rotatable bonds is 3. The molecule has 1 amide bonds. The van der Waals surface area contributed by atoms with E-state index in [9.17, 15) is 4.79 Å². The lowest BCUT2D eigenvalue weighted by molar-refractivity contribution is 0.0754. The molecule has 0 saturated carbocycles. The van der Waals surface area contributed by atoms with Crippen molar-refractivity contribution in [2.24, 2.45) is 5.92 Å². The average molecular weight is 323 g/mol. The molecule has 4 rings (SSSR count). The molecular weight excluding hydrogens is 302 g/mol. The molecule has 6 heteroatoms. The Morgan fingerprint density at radius 2 is 2.12 bits per heavy atom. The van der Waals surface area contributed by atoms with Gasteiger partial charge in [0.25, 0.3) is 5.91 Å². The van der Waals surface area contributed by atoms with Crippen molar-refractivity contribution in [3.8, 4) is 0 Å². The summed E-state index contributed by atoms with van der Waals surface area (Å²) >= 11 is 0. The minimum Gasteiger partial charge on any atom is -0.337 e. The molecule has 3 aromatic rings. The molecule has 1 aromatic carbocycles. The Kier molecular flexibility index (Phi) is 4.02. The molecule has 3 heterocycles. The van der Waals surface area contributed by atoms with E-state index < -0.39 is 0 Å². The SMILES string of the molecule is O=C(c1ccn[nH]1)N1CCC[C@H](Cc2cccc3[nH]ncc23)CC1. The highest BCUT2D eigenvalue weighted by Gasteiger charge is 2.22. The number of aromatic amines is 2. The molecule has 0 radical (unpaired) electrons. The summed E-state index contributed by atoms with van der Waals surface area (Å²) in [6, 6.07) is 8.07. The lowest BCUT2D eigenvalue weighted by Crippen LogP contribution is -2.32. The van der Waals surface area contributed by atoms with Crippen molar-refractivity contribution in [3.05, 3.63) is 47.9 Å². The molecule has 0 spiro atoms. The van der Waals surface area contributed by atoms with Crippen molar-refractivity contribution in [2.45, 2.75) is 25.7 Å². The summed E-state index contributed by atoms with van der Waals surface area (Å²) in [4.78, 5) is 14.4. The molecular formula is C18H21N5O. The van der Waals surface area contributed by atoms with Crippen molar-refractivity contribution in [2.75, 3.05) is 13.1 Å². The Balaban J connectivity index is 1.43. The smallest absolute Gasteiger partial charge is 0.271 e. The van der Waals surface area contributed by atoms with Crippen LogP contribution in [-0.2, 0) is 6.42 Å². The van der Waals surface area contributed by atoms with Crippen LogP contribution in [0.5, 0.6) is 0 Å². The van der Waals surface area contributed by atoms with Crippen molar-refractivity contribution in [1.82, 2.24) is 25.3 Å². The van der Waals surface area contributed by atoms with Gasteiger partial charge < -0.3 is 4.90 Å². The number of hydrogen-bond acceptors (Lipinski definition) is 3. The van der Waals surface area contributed by atoms with Gasteiger partial charge >= 0.3 is 0 Å². The van der Waals surface area contributed by atoms with Crippen LogP contribution in [0.4, 0.5) is 0 Å². The fraction of sp³-hybridized carbons (Fsp3) is 0.389. The number of nitrogens with zero attached hydrogens (tertiary/aromatic N) is 3. The Labute approximate surface area is 140 Å². The number of carbonyl (C=O) groups is 1. The van der Waals surface area contributed by atoms with E-state index in [0.29, 0.717) is 11.6 Å². The van der Waals surface area contributed by atoms with Crippen molar-refractivity contribution >= 4 is 16.8 Å². The molecule has 2 N–H and O–H groups in total. The Bertz CT molecular complexity index is 823. The zero-order valence-electron chi connectivity index (χ0n) is 13.5. The Morgan fingerprint density at radius 3 is 3.00 bits per heavy atom. The fourth-order valence-corrected chi connectivity index (χ4v) is 3.64. The second kappa shape index (κ2) is 6.47. The number of hydrogen-bond donors (Lipinski definition) is 2. The maximum atomic E-state index is 12.5. The van der Waals surface area contributed by atoms with Crippen LogP contribution in [0, 0.1) is 5.92 Å². The van der Waals surface area contributed by atoms with E-state index >= 15 is 0 Å². The van der Waals surface area contributed by atoms with E-state index in [0.717, 1.165) is 44.3 Å². The number of benzene rings is 1. The minimum atomic E-state index is 0.0603. The molecule has 0 aliphatic carbocycles. The number of nitrogens with one attached hydrogen (secondary N) is 2. The van der Waals surface area contributed by atoms with Gasteiger partial charge in [0.1, 0.15) is 5.69 Å². The van der Waals surface area contributed by atoms with Gasteiger partial charge in [0.15, 0.2) is 0 Å². The summed E-state index contributed by atoms with van der Waals surface area (Å²) in [6.07, 6.45) is 7.82. The summed E-state index contributed by atoms with van der Waals surface area (Å²) in [5.74, 6) is 0.662. The number of H-pyrrole nitrogens is 2. The third kappa shape index (κ3) is 2.91.